The van der Waals surface area contributed by atoms with Crippen LogP contribution in [-0.4, -0.2) is 82.7 Å². The number of likely N-dealkylation sites (tertiary alicyclic amines) is 1. The molecule has 2 aromatic rings. The molecule has 0 spiro atoms. The van der Waals surface area contributed by atoms with Gasteiger partial charge in [-0.25, -0.2) is 18.4 Å². The summed E-state index contributed by atoms with van der Waals surface area (Å²) in [4.78, 5) is 59.3. The van der Waals surface area contributed by atoms with Crippen LogP contribution in [0.3, 0.4) is 0 Å². The highest BCUT2D eigenvalue weighted by atomic mass is 32.2. The Kier molecular flexibility index (Phi) is 7.53. The lowest BCUT2D eigenvalue weighted by Gasteiger charge is -2.24. The minimum absolute atomic E-state index is 0.0605. The number of hydrogen-bond donors (Lipinski definition) is 1. The van der Waals surface area contributed by atoms with Gasteiger partial charge in [-0.15, -0.1) is 0 Å². The van der Waals surface area contributed by atoms with Crippen LogP contribution in [0.25, 0.3) is 11.3 Å². The molecule has 13 heteroatoms. The third-order valence-electron chi connectivity index (χ3n) is 7.06. The van der Waals surface area contributed by atoms with Crippen LogP contribution in [0.1, 0.15) is 42.5 Å². The Bertz CT molecular complexity index is 1450. The van der Waals surface area contributed by atoms with Crippen molar-refractivity contribution >= 4 is 38.4 Å². The van der Waals surface area contributed by atoms with Crippen LogP contribution in [-0.2, 0) is 24.4 Å². The van der Waals surface area contributed by atoms with Gasteiger partial charge in [-0.2, -0.15) is 4.31 Å². The predicted octanol–water partition coefficient (Wildman–Crippen LogP) is 1.31. The van der Waals surface area contributed by atoms with Crippen molar-refractivity contribution in [2.75, 3.05) is 19.6 Å². The van der Waals surface area contributed by atoms with E-state index in [0.29, 0.717) is 37.1 Å². The third kappa shape index (κ3) is 5.32. The van der Waals surface area contributed by atoms with E-state index in [4.69, 9.17) is 4.42 Å². The first-order valence-electron chi connectivity index (χ1n) is 12.6. The van der Waals surface area contributed by atoms with Crippen LogP contribution in [0.2, 0.25) is 0 Å². The second-order valence-corrected chi connectivity index (χ2v) is 11.3. The predicted molar refractivity (Wildman–Crippen MR) is 139 cm³/mol. The van der Waals surface area contributed by atoms with Gasteiger partial charge >= 0.3 is 0 Å². The number of oxazole rings is 1. The van der Waals surface area contributed by atoms with Crippen molar-refractivity contribution in [3.8, 4) is 11.3 Å². The smallest absolute Gasteiger partial charge is 0.264 e. The average molecular weight is 554 g/mol. The number of carbonyl (C=O) groups is 4. The minimum Gasteiger partial charge on any atom is -0.444 e. The van der Waals surface area contributed by atoms with Gasteiger partial charge in [-0.05, 0) is 31.4 Å². The van der Waals surface area contributed by atoms with Crippen LogP contribution < -0.4 is 5.32 Å². The molecule has 2 saturated heterocycles. The number of Topliss-reactive ketones (excluding diaryl/α,β-unsaturated/α-hetero) is 2. The molecule has 39 heavy (non-hydrogen) atoms. The van der Waals surface area contributed by atoms with Crippen molar-refractivity contribution in [3.05, 3.63) is 54.7 Å². The molecular formula is C26H27N5O7S. The van der Waals surface area contributed by atoms with Gasteiger partial charge < -0.3 is 14.6 Å². The van der Waals surface area contributed by atoms with Crippen LogP contribution >= 0.6 is 0 Å². The summed E-state index contributed by atoms with van der Waals surface area (Å²) in [5.74, 6) is -0.846. The molecule has 1 N–H and O–H groups in total. The molecule has 3 aliphatic rings. The molecule has 2 fully saturated rings. The van der Waals surface area contributed by atoms with E-state index in [2.05, 4.69) is 15.3 Å². The highest BCUT2D eigenvalue weighted by molar-refractivity contribution is 8.06. The van der Waals surface area contributed by atoms with Gasteiger partial charge in [-0.1, -0.05) is 18.2 Å². The quantitative estimate of drug-likeness (QED) is 0.479. The number of carbonyl (C=O) groups excluding carboxylic acids is 4. The van der Waals surface area contributed by atoms with Gasteiger partial charge in [0, 0.05) is 43.3 Å². The lowest BCUT2D eigenvalue weighted by molar-refractivity contribution is -0.136. The summed E-state index contributed by atoms with van der Waals surface area (Å²) < 4.78 is 32.4. The van der Waals surface area contributed by atoms with Gasteiger partial charge in [0.15, 0.2) is 23.7 Å². The first kappa shape index (κ1) is 26.6. The molecule has 1 aromatic carbocycles. The third-order valence-corrected chi connectivity index (χ3v) is 8.90. The van der Waals surface area contributed by atoms with Gasteiger partial charge in [0.2, 0.25) is 11.0 Å². The number of nitrogens with one attached hydrogen (secondary N) is 1. The van der Waals surface area contributed by atoms with E-state index in [9.17, 15) is 27.6 Å². The molecule has 0 bridgehead atoms. The molecule has 4 heterocycles. The number of aliphatic imine (C=N–C) groups is 1. The van der Waals surface area contributed by atoms with Crippen molar-refractivity contribution in [2.45, 2.75) is 44.2 Å². The Labute approximate surface area is 224 Å². The van der Waals surface area contributed by atoms with Crippen molar-refractivity contribution < 1.29 is 32.0 Å². The summed E-state index contributed by atoms with van der Waals surface area (Å²) in [7, 11) is -4.24. The SMILES string of the molecule is O=C1CC=CN=C1S(=O)(=O)N1CC(=O)C2C1CCN2C(=O)CCCCNC(=O)c1ccc(-c2cnco2)cc1. The number of rotatable bonds is 8. The Morgan fingerprint density at radius 3 is 2.64 bits per heavy atom. The number of sulfonamides is 1. The number of amides is 2. The number of ketones is 2. The Morgan fingerprint density at radius 2 is 1.92 bits per heavy atom. The van der Waals surface area contributed by atoms with E-state index in [0.717, 1.165) is 9.87 Å². The Hall–Kier alpha value is -3.97. The molecule has 12 nitrogen and oxygen atoms in total. The van der Waals surface area contributed by atoms with E-state index in [-0.39, 0.29) is 43.5 Å². The summed E-state index contributed by atoms with van der Waals surface area (Å²) in [6.45, 7) is 0.244. The van der Waals surface area contributed by atoms with Gasteiger partial charge in [0.1, 0.15) is 6.04 Å². The van der Waals surface area contributed by atoms with Crippen LogP contribution in [0.15, 0.2) is 58.5 Å². The molecular weight excluding hydrogens is 526 g/mol. The van der Waals surface area contributed by atoms with Gasteiger partial charge in [0.05, 0.1) is 18.8 Å². The molecule has 2 unspecified atom stereocenters. The van der Waals surface area contributed by atoms with E-state index in [1.165, 1.54) is 23.6 Å². The second kappa shape index (κ2) is 11.0. The fourth-order valence-corrected chi connectivity index (χ4v) is 6.79. The number of hydrogen-bond acceptors (Lipinski definition) is 9. The number of fused-ring (bicyclic) bond motifs is 1. The lowest BCUT2D eigenvalue weighted by atomic mass is 10.1. The van der Waals surface area contributed by atoms with Crippen LogP contribution in [0.5, 0.6) is 0 Å². The van der Waals surface area contributed by atoms with Crippen molar-refractivity contribution in [1.29, 1.82) is 0 Å². The number of aromatic nitrogens is 1. The largest absolute Gasteiger partial charge is 0.444 e. The normalized spacial score (nSPS) is 21.2. The van der Waals surface area contributed by atoms with E-state index in [1.807, 2.05) is 0 Å². The van der Waals surface area contributed by atoms with Gasteiger partial charge in [0.25, 0.3) is 15.9 Å². The maximum atomic E-state index is 13.1. The highest BCUT2D eigenvalue weighted by Gasteiger charge is 2.54. The maximum absolute atomic E-state index is 13.1. The molecule has 0 radical (unpaired) electrons. The van der Waals surface area contributed by atoms with E-state index >= 15 is 0 Å². The molecule has 3 aliphatic heterocycles. The molecule has 2 amide bonds. The molecule has 1 aromatic heterocycles. The molecule has 0 aliphatic carbocycles. The second-order valence-electron chi connectivity index (χ2n) is 9.51. The molecule has 204 valence electrons. The Balaban J connectivity index is 1.09. The minimum atomic E-state index is -4.24. The standard InChI is InChI=1S/C26H27N5O7S/c32-20-4-3-12-29-26(20)39(36,37)31-15-21(33)24-19(31)10-13-30(24)23(34)5-1-2-11-28-25(35)18-8-6-17(7-9-18)22-14-27-16-38-22/h3,6-9,12,14,16,19,24H,1-2,4-5,10-11,13,15H2,(H,28,35). The number of nitrogens with zero attached hydrogens (tertiary/aromatic N) is 4. The zero-order valence-corrected chi connectivity index (χ0v) is 21.8. The fourth-order valence-electron chi connectivity index (χ4n) is 5.13. The zero-order chi connectivity index (χ0) is 27.6. The van der Waals surface area contributed by atoms with E-state index in [1.54, 1.807) is 30.5 Å². The number of benzene rings is 1. The molecule has 5 rings (SSSR count). The summed E-state index contributed by atoms with van der Waals surface area (Å²) in [5.41, 5.74) is 1.30. The topological polar surface area (TPSA) is 159 Å². The summed E-state index contributed by atoms with van der Waals surface area (Å²) in [6, 6.07) is 5.35. The maximum Gasteiger partial charge on any atom is 0.264 e. The van der Waals surface area contributed by atoms with Gasteiger partial charge in [-0.3, -0.25) is 19.2 Å². The summed E-state index contributed by atoms with van der Waals surface area (Å²) >= 11 is 0. The fraction of sp³-hybridized carbons (Fsp3) is 0.385. The Morgan fingerprint density at radius 1 is 1.13 bits per heavy atom. The van der Waals surface area contributed by atoms with E-state index < -0.39 is 32.9 Å². The molecule has 0 saturated carbocycles. The lowest BCUT2D eigenvalue weighted by Crippen LogP contribution is -2.45. The van der Waals surface area contributed by atoms with Crippen molar-refractivity contribution in [1.82, 2.24) is 19.5 Å². The number of allylic oxidation sites excluding steroid dienone is 1. The number of unbranched alkanes of at least 4 members (excludes halogenated alkanes) is 1. The van der Waals surface area contributed by atoms with Crippen LogP contribution in [0, 0.1) is 0 Å². The first-order valence-corrected chi connectivity index (χ1v) is 14.1. The summed E-state index contributed by atoms with van der Waals surface area (Å²) in [5, 5.41) is 2.27. The monoisotopic (exact) mass is 553 g/mol. The van der Waals surface area contributed by atoms with Crippen molar-refractivity contribution in [2.24, 2.45) is 4.99 Å². The van der Waals surface area contributed by atoms with Crippen LogP contribution in [0.4, 0.5) is 0 Å². The average Bonchev–Trinajstić information content (AvgIpc) is 3.68. The van der Waals surface area contributed by atoms with Crippen molar-refractivity contribution in [3.63, 3.8) is 0 Å². The highest BCUT2D eigenvalue weighted by Crippen LogP contribution is 2.33. The molecule has 2 atom stereocenters. The summed E-state index contributed by atoms with van der Waals surface area (Å²) in [6.07, 6.45) is 7.13. The zero-order valence-electron chi connectivity index (χ0n) is 21.0. The first-order chi connectivity index (χ1) is 18.8.